The third-order valence-corrected chi connectivity index (χ3v) is 7.04. The van der Waals surface area contributed by atoms with Crippen molar-refractivity contribution < 1.29 is 14.6 Å². The van der Waals surface area contributed by atoms with Gasteiger partial charge in [0, 0.05) is 39.0 Å². The lowest BCUT2D eigenvalue weighted by Gasteiger charge is -2.45. The lowest BCUT2D eigenvalue weighted by Crippen LogP contribution is -2.60. The minimum atomic E-state index is -1.23. The van der Waals surface area contributed by atoms with Crippen molar-refractivity contribution in [1.82, 2.24) is 9.80 Å². The Morgan fingerprint density at radius 1 is 0.967 bits per heavy atom. The SMILES string of the molecule is CCCCCCCCCCN1C(=O)OC2(CCN(Cc3ccccc3)CC2)C1(C)O. The highest BCUT2D eigenvalue weighted by atomic mass is 16.6. The van der Waals surface area contributed by atoms with Crippen LogP contribution in [0.5, 0.6) is 0 Å². The number of hydrogen-bond acceptors (Lipinski definition) is 4. The van der Waals surface area contributed by atoms with Crippen LogP contribution in [0.15, 0.2) is 30.3 Å². The second kappa shape index (κ2) is 10.6. The van der Waals surface area contributed by atoms with Gasteiger partial charge in [-0.1, -0.05) is 82.2 Å². The third-order valence-electron chi connectivity index (χ3n) is 7.04. The summed E-state index contributed by atoms with van der Waals surface area (Å²) in [7, 11) is 0. The quantitative estimate of drug-likeness (QED) is 0.496. The van der Waals surface area contributed by atoms with Gasteiger partial charge in [-0.15, -0.1) is 0 Å². The van der Waals surface area contributed by atoms with E-state index in [1.807, 2.05) is 6.07 Å². The molecule has 1 N–H and O–H groups in total. The summed E-state index contributed by atoms with van der Waals surface area (Å²) in [5.74, 6) is 0. The highest BCUT2D eigenvalue weighted by molar-refractivity contribution is 5.72. The fourth-order valence-electron chi connectivity index (χ4n) is 4.95. The van der Waals surface area contributed by atoms with Crippen molar-refractivity contribution in [2.24, 2.45) is 0 Å². The highest BCUT2D eigenvalue weighted by Gasteiger charge is 2.62. The molecule has 168 valence electrons. The van der Waals surface area contributed by atoms with Crippen LogP contribution in [0.3, 0.4) is 0 Å². The molecule has 1 atom stereocenters. The molecular weight excluding hydrogens is 376 g/mol. The first kappa shape index (κ1) is 23.1. The topological polar surface area (TPSA) is 53.0 Å². The number of nitrogens with zero attached hydrogens (tertiary/aromatic N) is 2. The Balaban J connectivity index is 1.45. The number of carbonyl (C=O) groups is 1. The van der Waals surface area contributed by atoms with Gasteiger partial charge in [-0.05, 0) is 18.9 Å². The van der Waals surface area contributed by atoms with Gasteiger partial charge >= 0.3 is 6.09 Å². The number of benzene rings is 1. The molecule has 2 aliphatic heterocycles. The van der Waals surface area contributed by atoms with Crippen molar-refractivity contribution in [1.29, 1.82) is 0 Å². The molecule has 1 spiro atoms. The first-order valence-electron chi connectivity index (χ1n) is 12.0. The molecule has 2 fully saturated rings. The van der Waals surface area contributed by atoms with Crippen molar-refractivity contribution >= 4 is 6.09 Å². The molecule has 1 amide bonds. The van der Waals surface area contributed by atoms with E-state index in [2.05, 4.69) is 36.1 Å². The second-order valence-corrected chi connectivity index (χ2v) is 9.27. The minimum Gasteiger partial charge on any atom is -0.437 e. The number of unbranched alkanes of at least 4 members (excludes halogenated alkanes) is 7. The largest absolute Gasteiger partial charge is 0.437 e. The van der Waals surface area contributed by atoms with Crippen molar-refractivity contribution in [2.45, 2.75) is 95.9 Å². The summed E-state index contributed by atoms with van der Waals surface area (Å²) in [5.41, 5.74) is -0.721. The molecule has 0 saturated carbocycles. The van der Waals surface area contributed by atoms with Gasteiger partial charge in [-0.25, -0.2) is 4.79 Å². The summed E-state index contributed by atoms with van der Waals surface area (Å²) in [5, 5.41) is 11.3. The zero-order valence-corrected chi connectivity index (χ0v) is 18.9. The third kappa shape index (κ3) is 5.36. The standard InChI is InChI=1S/C25H40N2O3/c1-3-4-5-6-7-8-9-13-18-27-23(28)30-25(24(27,2)29)16-19-26(20-17-25)21-22-14-11-10-12-15-22/h10-12,14-15,29H,3-9,13,16-21H2,1-2H3. The monoisotopic (exact) mass is 416 g/mol. The molecule has 1 aromatic carbocycles. The van der Waals surface area contributed by atoms with Gasteiger partial charge in [-0.3, -0.25) is 9.80 Å². The number of likely N-dealkylation sites (tertiary alicyclic amines) is 1. The Morgan fingerprint density at radius 3 is 2.20 bits per heavy atom. The van der Waals surface area contributed by atoms with E-state index in [4.69, 9.17) is 4.74 Å². The number of carbonyl (C=O) groups excluding carboxylic acids is 1. The Labute approximate surface area is 182 Å². The predicted molar refractivity (Wildman–Crippen MR) is 120 cm³/mol. The Kier molecular flexibility index (Phi) is 8.18. The van der Waals surface area contributed by atoms with E-state index >= 15 is 0 Å². The maximum Gasteiger partial charge on any atom is 0.412 e. The van der Waals surface area contributed by atoms with Crippen molar-refractivity contribution in [2.75, 3.05) is 19.6 Å². The van der Waals surface area contributed by atoms with Crippen LogP contribution in [0.4, 0.5) is 4.79 Å². The number of rotatable bonds is 11. The molecule has 0 radical (unpaired) electrons. The maximum atomic E-state index is 12.6. The zero-order valence-electron chi connectivity index (χ0n) is 18.9. The van der Waals surface area contributed by atoms with Gasteiger partial charge in [-0.2, -0.15) is 0 Å². The fourth-order valence-corrected chi connectivity index (χ4v) is 4.95. The number of amides is 1. The molecule has 2 heterocycles. The Bertz CT molecular complexity index is 654. The zero-order chi connectivity index (χ0) is 21.5. The Morgan fingerprint density at radius 2 is 1.57 bits per heavy atom. The van der Waals surface area contributed by atoms with Crippen LogP contribution in [0.25, 0.3) is 0 Å². The summed E-state index contributed by atoms with van der Waals surface area (Å²) in [6.07, 6.45) is 10.7. The molecule has 0 bridgehead atoms. The molecule has 30 heavy (non-hydrogen) atoms. The van der Waals surface area contributed by atoms with E-state index in [-0.39, 0.29) is 6.09 Å². The van der Waals surface area contributed by atoms with E-state index in [0.717, 1.165) is 32.5 Å². The molecule has 3 rings (SSSR count). The summed E-state index contributed by atoms with van der Waals surface area (Å²) < 4.78 is 5.85. The normalized spacial score (nSPS) is 23.8. The van der Waals surface area contributed by atoms with Gasteiger partial charge in [0.15, 0.2) is 11.3 Å². The Hall–Kier alpha value is -1.59. The molecule has 2 saturated heterocycles. The highest BCUT2D eigenvalue weighted by Crippen LogP contribution is 2.44. The first-order chi connectivity index (χ1) is 14.5. The van der Waals surface area contributed by atoms with Crippen LogP contribution >= 0.6 is 0 Å². The van der Waals surface area contributed by atoms with Crippen LogP contribution in [0, 0.1) is 0 Å². The smallest absolute Gasteiger partial charge is 0.412 e. The molecule has 5 nitrogen and oxygen atoms in total. The van der Waals surface area contributed by atoms with Crippen LogP contribution in [-0.4, -0.2) is 52.0 Å². The lowest BCUT2D eigenvalue weighted by atomic mass is 9.82. The molecular formula is C25H40N2O3. The minimum absolute atomic E-state index is 0.348. The predicted octanol–water partition coefficient (Wildman–Crippen LogP) is 5.32. The van der Waals surface area contributed by atoms with Crippen LogP contribution < -0.4 is 0 Å². The van der Waals surface area contributed by atoms with Crippen LogP contribution in [0.1, 0.15) is 83.6 Å². The van der Waals surface area contributed by atoms with Gasteiger partial charge in [0.1, 0.15) is 0 Å². The van der Waals surface area contributed by atoms with Crippen molar-refractivity contribution in [3.8, 4) is 0 Å². The average Bonchev–Trinajstić information content (AvgIpc) is 2.92. The number of ether oxygens (including phenoxy) is 1. The molecule has 1 aromatic rings. The lowest BCUT2D eigenvalue weighted by molar-refractivity contribution is -0.165. The molecule has 1 unspecified atom stereocenters. The molecule has 0 aromatic heterocycles. The van der Waals surface area contributed by atoms with Gasteiger partial charge in [0.05, 0.1) is 0 Å². The molecule has 2 aliphatic rings. The van der Waals surface area contributed by atoms with Crippen LogP contribution in [-0.2, 0) is 11.3 Å². The maximum absolute atomic E-state index is 12.6. The summed E-state index contributed by atoms with van der Waals surface area (Å²) in [6.45, 7) is 7.13. The number of hydrogen-bond donors (Lipinski definition) is 1. The number of aliphatic hydroxyl groups is 1. The van der Waals surface area contributed by atoms with Gasteiger partial charge in [0.25, 0.3) is 0 Å². The van der Waals surface area contributed by atoms with E-state index in [9.17, 15) is 9.90 Å². The van der Waals surface area contributed by atoms with Crippen molar-refractivity contribution in [3.05, 3.63) is 35.9 Å². The van der Waals surface area contributed by atoms with Gasteiger partial charge < -0.3 is 9.84 Å². The second-order valence-electron chi connectivity index (χ2n) is 9.27. The first-order valence-corrected chi connectivity index (χ1v) is 12.0. The van der Waals surface area contributed by atoms with E-state index in [1.54, 1.807) is 11.8 Å². The molecule has 0 aliphatic carbocycles. The van der Waals surface area contributed by atoms with E-state index < -0.39 is 11.3 Å². The summed E-state index contributed by atoms with van der Waals surface area (Å²) in [4.78, 5) is 16.6. The molecule has 5 heteroatoms. The average molecular weight is 417 g/mol. The van der Waals surface area contributed by atoms with Crippen molar-refractivity contribution in [3.63, 3.8) is 0 Å². The van der Waals surface area contributed by atoms with E-state index in [0.29, 0.717) is 19.4 Å². The number of piperidine rings is 1. The fraction of sp³-hybridized carbons (Fsp3) is 0.720. The van der Waals surface area contributed by atoms with E-state index in [1.165, 1.54) is 44.1 Å². The summed E-state index contributed by atoms with van der Waals surface area (Å²) in [6, 6.07) is 10.4. The van der Waals surface area contributed by atoms with Crippen LogP contribution in [0.2, 0.25) is 0 Å². The summed E-state index contributed by atoms with van der Waals surface area (Å²) >= 11 is 0. The van der Waals surface area contributed by atoms with Gasteiger partial charge in [0.2, 0.25) is 0 Å².